The fourth-order valence-corrected chi connectivity index (χ4v) is 1.44. The number of H-pyrrole nitrogens is 1. The zero-order valence-corrected chi connectivity index (χ0v) is 10.4. The molecule has 0 saturated heterocycles. The maximum absolute atomic E-state index is 12.0. The highest BCUT2D eigenvalue weighted by molar-refractivity contribution is 5.90. The van der Waals surface area contributed by atoms with Gasteiger partial charge in [0.2, 0.25) is 5.82 Å². The van der Waals surface area contributed by atoms with E-state index in [2.05, 4.69) is 15.2 Å². The van der Waals surface area contributed by atoms with Gasteiger partial charge in [0.15, 0.2) is 0 Å². The molecule has 1 amide bonds. The van der Waals surface area contributed by atoms with Crippen molar-refractivity contribution in [1.29, 1.82) is 0 Å². The van der Waals surface area contributed by atoms with Crippen LogP contribution in [0.15, 0.2) is 0 Å². The highest BCUT2D eigenvalue weighted by atomic mass is 16.2. The number of hydrogen-bond donors (Lipinski definition) is 1. The van der Waals surface area contributed by atoms with Crippen LogP contribution in [-0.2, 0) is 0 Å². The summed E-state index contributed by atoms with van der Waals surface area (Å²) >= 11 is 0. The molecule has 0 fully saturated rings. The zero-order valence-electron chi connectivity index (χ0n) is 10.4. The van der Waals surface area contributed by atoms with E-state index in [0.29, 0.717) is 6.54 Å². The molecule has 1 aromatic heterocycles. The minimum atomic E-state index is -0.0903. The molecule has 0 bridgehead atoms. The van der Waals surface area contributed by atoms with Crippen molar-refractivity contribution in [2.75, 3.05) is 13.1 Å². The summed E-state index contributed by atoms with van der Waals surface area (Å²) in [5, 5.41) is 6.76. The van der Waals surface area contributed by atoms with Crippen LogP contribution in [0.5, 0.6) is 0 Å². The molecule has 16 heavy (non-hydrogen) atoms. The van der Waals surface area contributed by atoms with Crippen LogP contribution in [0, 0.1) is 0 Å². The van der Waals surface area contributed by atoms with E-state index in [4.69, 9.17) is 0 Å². The molecule has 1 aromatic rings. The summed E-state index contributed by atoms with van der Waals surface area (Å²) < 4.78 is 0. The van der Waals surface area contributed by atoms with Crippen molar-refractivity contribution in [3.05, 3.63) is 11.6 Å². The number of carbonyl (C=O) groups is 1. The molecule has 90 valence electrons. The number of nitrogens with zero attached hydrogens (tertiary/aromatic N) is 3. The Balaban J connectivity index is 2.78. The molecular formula is C11H20N4O. The fraction of sp³-hybridized carbons (Fsp3) is 0.727. The summed E-state index contributed by atoms with van der Waals surface area (Å²) in [6, 6.07) is 0. The SMILES string of the molecule is CCCN(CC)C(=O)c1n[nH]c(C(C)C)n1. The molecule has 1 heterocycles. The van der Waals surface area contributed by atoms with E-state index in [-0.39, 0.29) is 17.6 Å². The van der Waals surface area contributed by atoms with E-state index in [1.807, 2.05) is 27.7 Å². The predicted octanol–water partition coefficient (Wildman–Crippen LogP) is 1.80. The Labute approximate surface area is 96.3 Å². The molecule has 0 radical (unpaired) electrons. The van der Waals surface area contributed by atoms with Crippen molar-refractivity contribution >= 4 is 5.91 Å². The Bertz CT molecular complexity index is 346. The van der Waals surface area contributed by atoms with E-state index in [0.717, 1.165) is 18.8 Å². The van der Waals surface area contributed by atoms with Crippen LogP contribution in [0.25, 0.3) is 0 Å². The molecule has 0 aromatic carbocycles. The Morgan fingerprint density at radius 3 is 2.56 bits per heavy atom. The molecule has 0 unspecified atom stereocenters. The summed E-state index contributed by atoms with van der Waals surface area (Å²) in [5.41, 5.74) is 0. The van der Waals surface area contributed by atoms with Crippen LogP contribution in [0.4, 0.5) is 0 Å². The number of aromatic nitrogens is 3. The van der Waals surface area contributed by atoms with Gasteiger partial charge in [-0.05, 0) is 13.3 Å². The van der Waals surface area contributed by atoms with Crippen LogP contribution in [0.3, 0.4) is 0 Å². The van der Waals surface area contributed by atoms with Gasteiger partial charge in [0, 0.05) is 19.0 Å². The standard InChI is InChI=1S/C11H20N4O/c1-5-7-15(6-2)11(16)10-12-9(8(3)4)13-14-10/h8H,5-7H2,1-4H3,(H,12,13,14). The average molecular weight is 224 g/mol. The molecule has 1 rings (SSSR count). The fourth-order valence-electron chi connectivity index (χ4n) is 1.44. The lowest BCUT2D eigenvalue weighted by Gasteiger charge is -2.17. The normalized spacial score (nSPS) is 10.8. The second-order valence-electron chi connectivity index (χ2n) is 4.08. The minimum absolute atomic E-state index is 0.0903. The number of rotatable bonds is 5. The Morgan fingerprint density at radius 2 is 2.12 bits per heavy atom. The second-order valence-corrected chi connectivity index (χ2v) is 4.08. The smallest absolute Gasteiger partial charge is 0.293 e. The Hall–Kier alpha value is -1.39. The number of amides is 1. The van der Waals surface area contributed by atoms with Gasteiger partial charge in [-0.2, -0.15) is 0 Å². The molecular weight excluding hydrogens is 204 g/mol. The van der Waals surface area contributed by atoms with Crippen LogP contribution in [0.1, 0.15) is 56.5 Å². The first-order valence-electron chi connectivity index (χ1n) is 5.81. The van der Waals surface area contributed by atoms with Gasteiger partial charge in [-0.25, -0.2) is 4.98 Å². The van der Waals surface area contributed by atoms with Crippen molar-refractivity contribution < 1.29 is 4.79 Å². The lowest BCUT2D eigenvalue weighted by Crippen LogP contribution is -2.32. The third-order valence-electron chi connectivity index (χ3n) is 2.40. The minimum Gasteiger partial charge on any atom is -0.336 e. The molecule has 0 aliphatic heterocycles. The Morgan fingerprint density at radius 1 is 1.44 bits per heavy atom. The van der Waals surface area contributed by atoms with Crippen molar-refractivity contribution in [3.8, 4) is 0 Å². The van der Waals surface area contributed by atoms with Crippen LogP contribution >= 0.6 is 0 Å². The molecule has 0 atom stereocenters. The van der Waals surface area contributed by atoms with Gasteiger partial charge < -0.3 is 4.90 Å². The highest BCUT2D eigenvalue weighted by Crippen LogP contribution is 2.09. The summed E-state index contributed by atoms with van der Waals surface area (Å²) in [7, 11) is 0. The highest BCUT2D eigenvalue weighted by Gasteiger charge is 2.18. The van der Waals surface area contributed by atoms with Gasteiger partial charge >= 0.3 is 0 Å². The third kappa shape index (κ3) is 2.81. The van der Waals surface area contributed by atoms with Crippen molar-refractivity contribution in [2.24, 2.45) is 0 Å². The van der Waals surface area contributed by atoms with Crippen LogP contribution in [0.2, 0.25) is 0 Å². The first-order chi connectivity index (χ1) is 7.60. The van der Waals surface area contributed by atoms with Gasteiger partial charge in [-0.15, -0.1) is 5.10 Å². The van der Waals surface area contributed by atoms with Crippen molar-refractivity contribution in [1.82, 2.24) is 20.1 Å². The summed E-state index contributed by atoms with van der Waals surface area (Å²) in [4.78, 5) is 17.9. The van der Waals surface area contributed by atoms with E-state index in [1.165, 1.54) is 0 Å². The van der Waals surface area contributed by atoms with Gasteiger partial charge in [0.25, 0.3) is 5.91 Å². The molecule has 1 N–H and O–H groups in total. The van der Waals surface area contributed by atoms with Crippen LogP contribution < -0.4 is 0 Å². The molecule has 0 saturated carbocycles. The van der Waals surface area contributed by atoms with Crippen molar-refractivity contribution in [2.45, 2.75) is 40.0 Å². The predicted molar refractivity (Wildman–Crippen MR) is 62.3 cm³/mol. The van der Waals surface area contributed by atoms with Crippen molar-refractivity contribution in [3.63, 3.8) is 0 Å². The van der Waals surface area contributed by atoms with Gasteiger partial charge in [-0.3, -0.25) is 9.89 Å². The van der Waals surface area contributed by atoms with E-state index in [9.17, 15) is 4.79 Å². The van der Waals surface area contributed by atoms with E-state index >= 15 is 0 Å². The zero-order chi connectivity index (χ0) is 12.1. The summed E-state index contributed by atoms with van der Waals surface area (Å²) in [5.74, 6) is 1.21. The maximum Gasteiger partial charge on any atom is 0.293 e. The third-order valence-corrected chi connectivity index (χ3v) is 2.40. The largest absolute Gasteiger partial charge is 0.336 e. The van der Waals surface area contributed by atoms with Gasteiger partial charge in [-0.1, -0.05) is 20.8 Å². The topological polar surface area (TPSA) is 61.9 Å². The average Bonchev–Trinajstić information content (AvgIpc) is 2.74. The van der Waals surface area contributed by atoms with Gasteiger partial charge in [0.1, 0.15) is 5.82 Å². The molecule has 0 aliphatic carbocycles. The number of carbonyl (C=O) groups excluding carboxylic acids is 1. The molecule has 0 aliphatic rings. The van der Waals surface area contributed by atoms with E-state index in [1.54, 1.807) is 4.90 Å². The first-order valence-corrected chi connectivity index (χ1v) is 5.81. The number of aromatic amines is 1. The maximum atomic E-state index is 12.0. The second kappa shape index (κ2) is 5.63. The Kier molecular flexibility index (Phi) is 4.46. The summed E-state index contributed by atoms with van der Waals surface area (Å²) in [6.45, 7) is 9.48. The monoisotopic (exact) mass is 224 g/mol. The number of nitrogens with one attached hydrogen (secondary N) is 1. The number of hydrogen-bond acceptors (Lipinski definition) is 3. The summed E-state index contributed by atoms with van der Waals surface area (Å²) in [6.07, 6.45) is 0.945. The first kappa shape index (κ1) is 12.7. The van der Waals surface area contributed by atoms with Crippen LogP contribution in [-0.4, -0.2) is 39.1 Å². The lowest BCUT2D eigenvalue weighted by molar-refractivity contribution is 0.0752. The lowest BCUT2D eigenvalue weighted by atomic mass is 10.2. The quantitative estimate of drug-likeness (QED) is 0.829. The van der Waals surface area contributed by atoms with Gasteiger partial charge in [0.05, 0.1) is 0 Å². The molecule has 5 nitrogen and oxygen atoms in total. The molecule has 5 heteroatoms. The molecule has 0 spiro atoms. The van der Waals surface area contributed by atoms with E-state index < -0.39 is 0 Å².